The third kappa shape index (κ3) is 118. The first-order valence-corrected chi connectivity index (χ1v) is 54.6. The smallest absolute Gasteiger partial charge is 0.250 e. The second-order valence-electron chi connectivity index (χ2n) is 40.3. The minimum Gasteiger partial charge on any atom is -0.411 e. The van der Waals surface area contributed by atoms with Crippen LogP contribution in [0.1, 0.15) is 422 Å². The number of rotatable bonds is 40. The monoisotopic (exact) mass is 2010 g/mol. The number of aromatic nitrogens is 2. The molecule has 2 saturated carbocycles. The Hall–Kier alpha value is -7.19. The van der Waals surface area contributed by atoms with Crippen molar-refractivity contribution in [3.63, 3.8) is 0 Å². The van der Waals surface area contributed by atoms with Crippen molar-refractivity contribution < 1.29 is 100 Å². The van der Waals surface area contributed by atoms with Gasteiger partial charge in [0, 0.05) is 136 Å². The molecule has 0 atom stereocenters. The van der Waals surface area contributed by atoms with Crippen LogP contribution in [0, 0.1) is 112 Å². The molecule has 1 heterocycles. The minimum absolute atomic E-state index is 0.0196. The predicted molar refractivity (Wildman–Crippen MR) is 571 cm³/mol. The number of imidazole rings is 1. The van der Waals surface area contributed by atoms with Gasteiger partial charge in [0.25, 0.3) is 5.91 Å². The predicted octanol–water partition coefficient (Wildman–Crippen LogP) is 23.5. The lowest BCUT2D eigenvalue weighted by Crippen LogP contribution is -2.39. The number of oxime groups is 2. The van der Waals surface area contributed by atoms with Crippen LogP contribution in [0.5, 0.6) is 0 Å². The van der Waals surface area contributed by atoms with Crippen LogP contribution in [-0.4, -0.2) is 172 Å². The Morgan fingerprint density at radius 3 is 1.11 bits per heavy atom. The molecule has 0 aliphatic heterocycles. The summed E-state index contributed by atoms with van der Waals surface area (Å²) in [7, 11) is -4.20. The molecule has 0 bridgehead atoms. The lowest BCUT2D eigenvalue weighted by atomic mass is 9.69. The van der Waals surface area contributed by atoms with Crippen LogP contribution in [-0.2, 0) is 72.6 Å². The van der Waals surface area contributed by atoms with Gasteiger partial charge in [0.05, 0.1) is 24.1 Å². The van der Waals surface area contributed by atoms with Crippen molar-refractivity contribution in [2.24, 2.45) is 123 Å². The molecular weight excluding hydrogens is 1800 g/mol. The topological polar surface area (TPSA) is 476 Å². The zero-order valence-corrected chi connectivity index (χ0v) is 96.6. The van der Waals surface area contributed by atoms with Crippen LogP contribution in [0.2, 0.25) is 0 Å². The molecule has 29 nitrogen and oxygen atoms in total. The van der Waals surface area contributed by atoms with Gasteiger partial charge in [-0.1, -0.05) is 323 Å². The molecule has 0 saturated heterocycles. The fourth-order valence-corrected chi connectivity index (χ4v) is 10.9. The zero-order chi connectivity index (χ0) is 111. The van der Waals surface area contributed by atoms with E-state index in [9.17, 15) is 74.4 Å². The molecule has 0 radical (unpaired) electrons. The van der Waals surface area contributed by atoms with Gasteiger partial charge in [0.1, 0.15) is 50.3 Å². The fraction of sp³-hybridized carbons (Fsp3) is 0.804. The summed E-state index contributed by atoms with van der Waals surface area (Å²) in [4.78, 5) is 135. The van der Waals surface area contributed by atoms with Crippen molar-refractivity contribution >= 4 is 101 Å². The number of sulfonamides is 1. The van der Waals surface area contributed by atoms with E-state index in [1.807, 2.05) is 164 Å². The fourth-order valence-electron chi connectivity index (χ4n) is 9.69. The maximum atomic E-state index is 11.2. The SMILES string of the molecule is C/C(=N\O)C(C)C.CC(=O)C(C)C.CC(=O)C(C)C.CC(C)/C(CCCO)=N/O.CC(C)C(=O)C1=CC=CC1.CC(C)C(=O)CC(=O)NO.CC(C)C(=O)CCNS(C)(=O)=O.CC(C)C(=O)c1ncc[nH]1.CC(C)C1CC(C(=O)NO)C1.CC(C)C1CCC1.CC(C)CCCCS(C)(=O)=O.CCC(=O)C(C)C.CCCC(=O)C(C)C.CCCC(=O)C(C)C.CCCC(C)C.CNC(=O)CCC(C)C. The normalized spacial score (nSPS) is 13.3. The van der Waals surface area contributed by atoms with E-state index in [0.717, 1.165) is 112 Å². The van der Waals surface area contributed by atoms with E-state index in [4.69, 9.17) is 25.9 Å². The number of sulfone groups is 1. The zero-order valence-electron chi connectivity index (χ0n) is 95.0. The van der Waals surface area contributed by atoms with Gasteiger partial charge in [0.2, 0.25) is 27.6 Å². The van der Waals surface area contributed by atoms with Gasteiger partial charge in [-0.2, -0.15) is 0 Å². The first-order chi connectivity index (χ1) is 63.4. The van der Waals surface area contributed by atoms with Crippen LogP contribution < -0.4 is 21.0 Å². The Balaban J connectivity index is -0.000000123. The number of unbranched alkanes of at least 4 members (excludes halogenated alkanes) is 1. The molecule has 4 rings (SSSR count). The molecule has 3 aliphatic rings. The molecule has 138 heavy (non-hydrogen) atoms. The lowest BCUT2D eigenvalue weighted by molar-refractivity contribution is -0.138. The van der Waals surface area contributed by atoms with Crippen molar-refractivity contribution in [2.45, 2.75) is 411 Å². The summed E-state index contributed by atoms with van der Waals surface area (Å²) in [6, 6.07) is 0. The molecule has 0 spiro atoms. The highest BCUT2D eigenvalue weighted by Gasteiger charge is 2.36. The highest BCUT2D eigenvalue weighted by Crippen LogP contribution is 2.38. The van der Waals surface area contributed by atoms with Gasteiger partial charge < -0.3 is 25.8 Å². The molecule has 1 aromatic rings. The van der Waals surface area contributed by atoms with E-state index >= 15 is 0 Å². The minimum atomic E-state index is -3.15. The Morgan fingerprint density at radius 2 is 0.891 bits per heavy atom. The standard InChI is InChI=1S/C9H12O.C8H15NO2.C8H18O2S.C7H10N2O.C7H15NO3S.C7H15NO2.C7H15NO.2C7H14O.C7H14.C6H11NO3.C6H12O.C6H14.C5H11NO.2C5H10O/c1-7(2)9(10)8-5-3-4-6-8;1-5(2)6-3-7(4-6)8(10)9-11;1-8(2)6-4-5-7-11(3,9)10;1-5(2)6(10)7-8-3-4-9-7;1-6(2)7(9)4-5-8-12(3,10)11;1-6(2)7(8-10)4-3-5-9;1-6(2)4-5-7(9)8-3;2*1-4-5-7(8)6(2)3;1-6(2)7-4-3-5-7;1-4(2)5(8)3-6(9)7-10;1-4-6(7)5(2)3;1-4-5-6(2)3;1-4(2)5(3)6-7;2*1-4(2)5(3)6/h3-5,7H,6H2,1-2H3;5-7,11H,3-4H2,1-2H3,(H,9,10);8H,4-7H2,1-3H3;3-5H,1-2H3,(H,8,9);6,8H,4-5H2,1-3H3;6,9-10H,3-5H2,1-2H3;6H,4-5H2,1-3H3,(H,8,9);2*6H,4-5H2,1-3H3;6-7H,3-5H2,1-2H3;4,10H,3H2,1-2H3,(H,7,9);5H,4H2,1-3H3;6H,4-5H2,1-3H3;4,7H,1-3H3;2*4H,1-3H3/b;;;;;8-7+;;;;;;;;6-5+;;. The summed E-state index contributed by atoms with van der Waals surface area (Å²) in [5, 5.41) is 50.0. The maximum Gasteiger partial charge on any atom is 0.250 e. The molecule has 816 valence electrons. The second-order valence-corrected chi connectivity index (χ2v) is 44.4. The summed E-state index contributed by atoms with van der Waals surface area (Å²) >= 11 is 0. The number of aromatic amines is 1. The highest BCUT2D eigenvalue weighted by molar-refractivity contribution is 7.90. The van der Waals surface area contributed by atoms with E-state index in [1.165, 1.54) is 43.8 Å². The van der Waals surface area contributed by atoms with E-state index in [-0.39, 0.29) is 138 Å². The number of carbonyl (C=O) groups excluding carboxylic acids is 12. The Labute approximate surface area is 842 Å². The molecule has 0 aromatic carbocycles. The van der Waals surface area contributed by atoms with Crippen molar-refractivity contribution in [3.8, 4) is 0 Å². The third-order valence-electron chi connectivity index (χ3n) is 21.0. The number of ketones is 9. The Kier molecular flexibility index (Phi) is 112. The van der Waals surface area contributed by atoms with E-state index in [0.29, 0.717) is 84.2 Å². The van der Waals surface area contributed by atoms with Gasteiger partial charge in [0.15, 0.2) is 11.6 Å². The molecule has 3 aliphatic carbocycles. The van der Waals surface area contributed by atoms with Crippen molar-refractivity contribution in [3.05, 3.63) is 42.0 Å². The number of amides is 3. The molecule has 0 unspecified atom stereocenters. The van der Waals surface area contributed by atoms with Gasteiger partial charge in [-0.05, 0) is 137 Å². The molecule has 31 heteroatoms. The Morgan fingerprint density at radius 1 is 0.471 bits per heavy atom. The van der Waals surface area contributed by atoms with Crippen molar-refractivity contribution in [1.29, 1.82) is 0 Å². The first-order valence-electron chi connectivity index (χ1n) is 50.6. The Bertz CT molecular complexity index is 3580. The number of hydrogen-bond donors (Lipinski definition) is 10. The van der Waals surface area contributed by atoms with Crippen LogP contribution in [0.3, 0.4) is 0 Å². The van der Waals surface area contributed by atoms with Crippen LogP contribution in [0.15, 0.2) is 46.5 Å². The number of Topliss-reactive ketones (excluding diaryl/α,β-unsaturated/α-hetero) is 9. The summed E-state index contributed by atoms with van der Waals surface area (Å²) in [6.45, 7) is 77.2. The quantitative estimate of drug-likeness (QED) is 0.00555. The van der Waals surface area contributed by atoms with Gasteiger partial charge in [-0.25, -0.2) is 37.5 Å². The van der Waals surface area contributed by atoms with E-state index in [2.05, 4.69) is 106 Å². The summed E-state index contributed by atoms with van der Waals surface area (Å²) in [5.41, 5.74) is 5.57. The van der Waals surface area contributed by atoms with E-state index < -0.39 is 25.8 Å². The largest absolute Gasteiger partial charge is 0.411 e. The number of aliphatic hydroxyl groups is 1. The third-order valence-corrected chi connectivity index (χ3v) is 22.7. The molecule has 2 fully saturated rings. The van der Waals surface area contributed by atoms with Gasteiger partial charge >= 0.3 is 0 Å². The van der Waals surface area contributed by atoms with E-state index in [1.54, 1.807) is 73.4 Å². The summed E-state index contributed by atoms with van der Waals surface area (Å²) < 4.78 is 44.7. The lowest BCUT2D eigenvalue weighted by Gasteiger charge is -2.36. The van der Waals surface area contributed by atoms with Gasteiger partial charge in [-0.15, -0.1) is 0 Å². The number of allylic oxidation sites excluding steroid dienone is 4. The number of nitrogens with one attached hydrogen (secondary N) is 5. The van der Waals surface area contributed by atoms with Crippen LogP contribution >= 0.6 is 0 Å². The summed E-state index contributed by atoms with van der Waals surface area (Å²) in [6.07, 6.45) is 31.5. The number of carbonyl (C=O) groups is 12. The van der Waals surface area contributed by atoms with Crippen LogP contribution in [0.4, 0.5) is 0 Å². The highest BCUT2D eigenvalue weighted by atomic mass is 32.2. The molecular formula is C107H210N8O21S2. The molecule has 1 aromatic heterocycles. The molecule has 10 N–H and O–H groups in total. The number of nitrogens with zero attached hydrogens (tertiary/aromatic N) is 3. The number of H-pyrrole nitrogens is 1. The van der Waals surface area contributed by atoms with Crippen LogP contribution in [0.25, 0.3) is 0 Å². The summed E-state index contributed by atoms with van der Waals surface area (Å²) in [5.74, 6) is 9.34. The van der Waals surface area contributed by atoms with Crippen molar-refractivity contribution in [2.75, 3.05) is 38.5 Å². The maximum absolute atomic E-state index is 11.2. The van der Waals surface area contributed by atoms with Gasteiger partial charge in [-0.3, -0.25) is 67.9 Å². The first kappa shape index (κ1) is 156. The number of aliphatic hydroxyl groups excluding tert-OH is 1. The number of hydroxylamine groups is 2. The van der Waals surface area contributed by atoms with Crippen molar-refractivity contribution in [1.82, 2.24) is 31.0 Å². The molecule has 3 amide bonds. The second kappa shape index (κ2) is 98.6. The number of hydrogen-bond acceptors (Lipinski definition) is 24. The average Bonchev–Trinajstić information content (AvgIpc) is 1.05. The average molecular weight is 2010 g/mol.